The third-order valence-corrected chi connectivity index (χ3v) is 9.11. The molecule has 0 unspecified atom stereocenters. The molecule has 12 heteroatoms. The number of benzene rings is 3. The number of ether oxygens (including phenoxy) is 1. The van der Waals surface area contributed by atoms with Gasteiger partial charge in [0.25, 0.3) is 11.1 Å². The fraction of sp³-hybridized carbons (Fsp3) is 0.317. The molecule has 0 aliphatic carbocycles. The van der Waals surface area contributed by atoms with Crippen LogP contribution in [0, 0.1) is 6.92 Å². The predicted molar refractivity (Wildman–Crippen MR) is 207 cm³/mol. The Morgan fingerprint density at radius 3 is 2.32 bits per heavy atom. The minimum atomic E-state index is -0.594. The Kier molecular flexibility index (Phi) is 13.4. The molecule has 0 saturated heterocycles. The maximum absolute atomic E-state index is 14.1. The van der Waals surface area contributed by atoms with E-state index in [0.717, 1.165) is 89.2 Å². The molecule has 1 aliphatic rings. The second-order valence-electron chi connectivity index (χ2n) is 13.6. The van der Waals surface area contributed by atoms with Crippen molar-refractivity contribution < 1.29 is 9.26 Å². The second kappa shape index (κ2) is 17.7. The zero-order valence-corrected chi connectivity index (χ0v) is 34.4. The molecule has 0 bridgehead atoms. The molecule has 0 fully saturated rings. The standard InChI is InChI=1S/C34H34N4O4.C7H10N2O.K/c1-5-8-29-28(32(39)38(21(2)35-29)25-15-16-30-24(20-25)17-18-34(3,4)41-30)19-22-11-13-23(14-12-22)26-9-6-7-10-27(26)31-36-33(40)42-37-31;1-2-3-6-4-7(10)9-5-8-6;/h6-7,9-16,20H,5,8,17-19H2,1-4H3,(H,36,37,40);4-5H,2-3H2,1H3,(H,8,9,10);. The number of rotatable bonds is 9. The number of aromatic amines is 2. The second-order valence-corrected chi connectivity index (χ2v) is 13.6. The number of hydrogen-bond acceptors (Lipinski definition) is 8. The number of H-pyrrole nitrogens is 2. The fourth-order valence-electron chi connectivity index (χ4n) is 6.52. The van der Waals surface area contributed by atoms with Crippen molar-refractivity contribution in [1.82, 2.24) is 29.7 Å². The molecule has 0 spiro atoms. The summed E-state index contributed by atoms with van der Waals surface area (Å²) in [5.41, 5.74) is 7.73. The molecular formula is C41H44KN6O5. The summed E-state index contributed by atoms with van der Waals surface area (Å²) < 4.78 is 12.6. The number of hydrogen-bond donors (Lipinski definition) is 2. The minimum Gasteiger partial charge on any atom is -0.488 e. The molecule has 269 valence electrons. The summed E-state index contributed by atoms with van der Waals surface area (Å²) >= 11 is 0. The van der Waals surface area contributed by atoms with Gasteiger partial charge in [-0.15, -0.1) is 0 Å². The Bertz CT molecular complexity index is 2360. The van der Waals surface area contributed by atoms with Crippen LogP contribution in [0.3, 0.4) is 0 Å². The van der Waals surface area contributed by atoms with Crippen LogP contribution in [0.2, 0.25) is 0 Å². The molecule has 1 aliphatic heterocycles. The first kappa shape index (κ1) is 40.0. The number of nitrogens with zero attached hydrogens (tertiary/aromatic N) is 4. The van der Waals surface area contributed by atoms with Crippen LogP contribution >= 0.6 is 0 Å². The zero-order valence-electron chi connectivity index (χ0n) is 31.3. The summed E-state index contributed by atoms with van der Waals surface area (Å²) in [6, 6.07) is 23.3. The molecule has 53 heavy (non-hydrogen) atoms. The van der Waals surface area contributed by atoms with Crippen molar-refractivity contribution in [3.8, 4) is 34.0 Å². The van der Waals surface area contributed by atoms with E-state index in [-0.39, 0.29) is 68.1 Å². The van der Waals surface area contributed by atoms with E-state index < -0.39 is 5.76 Å². The first-order chi connectivity index (χ1) is 25.0. The monoisotopic (exact) mass is 739 g/mol. The van der Waals surface area contributed by atoms with E-state index in [1.165, 1.54) is 12.4 Å². The van der Waals surface area contributed by atoms with Gasteiger partial charge in [0.15, 0.2) is 5.82 Å². The van der Waals surface area contributed by atoms with E-state index in [2.05, 4.69) is 53.9 Å². The van der Waals surface area contributed by atoms with Gasteiger partial charge in [-0.25, -0.2) is 14.8 Å². The van der Waals surface area contributed by atoms with Gasteiger partial charge in [-0.1, -0.05) is 80.4 Å². The van der Waals surface area contributed by atoms with Gasteiger partial charge in [0.1, 0.15) is 17.2 Å². The quantitative estimate of drug-likeness (QED) is 0.159. The zero-order chi connectivity index (χ0) is 36.8. The molecule has 6 aromatic rings. The van der Waals surface area contributed by atoms with Crippen molar-refractivity contribution in [2.75, 3.05) is 0 Å². The van der Waals surface area contributed by atoms with Gasteiger partial charge in [-0.2, -0.15) is 0 Å². The van der Waals surface area contributed by atoms with Gasteiger partial charge >= 0.3 is 5.76 Å². The molecular weight excluding hydrogens is 696 g/mol. The minimum absolute atomic E-state index is 0. The maximum Gasteiger partial charge on any atom is 0.439 e. The topological polar surface area (TPSA) is 149 Å². The van der Waals surface area contributed by atoms with Crippen LogP contribution < -0.4 is 21.6 Å². The molecule has 0 atom stereocenters. The summed E-state index contributed by atoms with van der Waals surface area (Å²) in [4.78, 5) is 50.3. The van der Waals surface area contributed by atoms with Crippen LogP contribution in [0.5, 0.6) is 5.75 Å². The molecule has 0 amide bonds. The van der Waals surface area contributed by atoms with E-state index in [1.54, 1.807) is 4.57 Å². The molecule has 4 heterocycles. The van der Waals surface area contributed by atoms with Gasteiger partial charge < -0.3 is 9.72 Å². The predicted octanol–water partition coefficient (Wildman–Crippen LogP) is 6.54. The summed E-state index contributed by atoms with van der Waals surface area (Å²) in [5, 5.41) is 3.86. The van der Waals surface area contributed by atoms with Crippen molar-refractivity contribution in [3.05, 3.63) is 144 Å². The van der Waals surface area contributed by atoms with Crippen LogP contribution in [0.15, 0.2) is 98.0 Å². The Hall–Kier alpha value is -4.20. The maximum atomic E-state index is 14.1. The molecule has 2 N–H and O–H groups in total. The Labute approximate surface area is 350 Å². The normalized spacial score (nSPS) is 12.8. The Morgan fingerprint density at radius 2 is 1.64 bits per heavy atom. The van der Waals surface area contributed by atoms with Gasteiger partial charge in [0.2, 0.25) is 0 Å². The van der Waals surface area contributed by atoms with E-state index in [1.807, 2.05) is 67.6 Å². The van der Waals surface area contributed by atoms with Gasteiger partial charge in [0.05, 0.1) is 17.7 Å². The Balaban J connectivity index is 0.000000428. The van der Waals surface area contributed by atoms with Crippen molar-refractivity contribution in [1.29, 1.82) is 0 Å². The summed E-state index contributed by atoms with van der Waals surface area (Å²) in [7, 11) is 0. The van der Waals surface area contributed by atoms with Crippen molar-refractivity contribution in [2.45, 2.75) is 85.2 Å². The van der Waals surface area contributed by atoms with Crippen molar-refractivity contribution in [3.63, 3.8) is 0 Å². The first-order valence-electron chi connectivity index (χ1n) is 17.8. The van der Waals surface area contributed by atoms with Crippen LogP contribution in [-0.4, -0.2) is 86.6 Å². The number of aromatic nitrogens is 6. The molecule has 11 nitrogen and oxygen atoms in total. The van der Waals surface area contributed by atoms with E-state index >= 15 is 0 Å². The fourth-order valence-corrected chi connectivity index (χ4v) is 6.52. The van der Waals surface area contributed by atoms with Crippen molar-refractivity contribution >= 4 is 51.4 Å². The van der Waals surface area contributed by atoms with Crippen LogP contribution in [0.4, 0.5) is 0 Å². The number of aryl methyl sites for hydroxylation is 4. The number of fused-ring (bicyclic) bond motifs is 1. The van der Waals surface area contributed by atoms with Crippen LogP contribution in [-0.2, 0) is 25.7 Å². The van der Waals surface area contributed by atoms with Gasteiger partial charge in [-0.3, -0.25) is 23.7 Å². The van der Waals surface area contributed by atoms with E-state index in [4.69, 9.17) is 14.2 Å². The SMILES string of the molecule is CCCc1cc(=O)[nH]cn1.CCCc1nc(C)n(-c2ccc3c(c2)CCC(C)(C)O3)c(=O)c1Cc1ccc(-c2ccccc2-c2noc(=O)[nH]2)cc1.[K]. The molecule has 3 aromatic carbocycles. The number of nitrogens with one attached hydrogen (secondary N) is 2. The summed E-state index contributed by atoms with van der Waals surface area (Å²) in [6.07, 6.45) is 7.28. The van der Waals surface area contributed by atoms with Crippen molar-refractivity contribution in [2.24, 2.45) is 0 Å². The molecule has 3 aromatic heterocycles. The van der Waals surface area contributed by atoms with E-state index in [0.29, 0.717) is 23.6 Å². The van der Waals surface area contributed by atoms with Crippen LogP contribution in [0.1, 0.15) is 80.9 Å². The van der Waals surface area contributed by atoms with E-state index in [9.17, 15) is 14.4 Å². The molecule has 0 saturated carbocycles. The average Bonchev–Trinajstić information content (AvgIpc) is 3.56. The van der Waals surface area contributed by atoms with Gasteiger partial charge in [0, 0.05) is 80.7 Å². The molecule has 7 rings (SSSR count). The first-order valence-corrected chi connectivity index (χ1v) is 17.8. The molecule has 1 radical (unpaired) electrons. The van der Waals surface area contributed by atoms with Gasteiger partial charge in [-0.05, 0) is 86.9 Å². The summed E-state index contributed by atoms with van der Waals surface area (Å²) in [5.74, 6) is 1.35. The average molecular weight is 740 g/mol. The third kappa shape index (κ3) is 9.67. The Morgan fingerprint density at radius 1 is 0.906 bits per heavy atom. The third-order valence-electron chi connectivity index (χ3n) is 9.11. The summed E-state index contributed by atoms with van der Waals surface area (Å²) in [6.45, 7) is 10.3. The van der Waals surface area contributed by atoms with Crippen LogP contribution in [0.25, 0.3) is 28.2 Å². The smallest absolute Gasteiger partial charge is 0.439 e. The largest absolute Gasteiger partial charge is 0.488 e.